The number of fused-ring (bicyclic) bond motifs is 2. The first-order valence-electron chi connectivity index (χ1n) is 7.94. The molecule has 2 aromatic rings. The van der Waals surface area contributed by atoms with E-state index in [2.05, 4.69) is 11.8 Å². The van der Waals surface area contributed by atoms with Crippen molar-refractivity contribution < 1.29 is 0 Å². The zero-order valence-corrected chi connectivity index (χ0v) is 12.5. The number of nitrogens with two attached hydrogens (primary N) is 1. The van der Waals surface area contributed by atoms with Crippen LogP contribution in [0.25, 0.3) is 11.0 Å². The fourth-order valence-electron chi connectivity index (χ4n) is 4.02. The summed E-state index contributed by atoms with van der Waals surface area (Å²) < 4.78 is 0. The van der Waals surface area contributed by atoms with Crippen molar-refractivity contribution >= 4 is 16.9 Å². The lowest BCUT2D eigenvalue weighted by molar-refractivity contribution is 0.271. The van der Waals surface area contributed by atoms with Gasteiger partial charge in [-0.2, -0.15) is 0 Å². The summed E-state index contributed by atoms with van der Waals surface area (Å²) in [6.07, 6.45) is 3.61. The molecule has 1 aliphatic heterocycles. The molecule has 4 heteroatoms. The van der Waals surface area contributed by atoms with Gasteiger partial charge in [0.2, 0.25) is 0 Å². The van der Waals surface area contributed by atoms with Crippen molar-refractivity contribution in [1.82, 2.24) is 9.97 Å². The van der Waals surface area contributed by atoms with Gasteiger partial charge in [0.25, 0.3) is 0 Å². The van der Waals surface area contributed by atoms with E-state index in [-0.39, 0.29) is 0 Å². The minimum absolute atomic E-state index is 0.398. The van der Waals surface area contributed by atoms with Gasteiger partial charge in [0.05, 0.1) is 16.7 Å². The van der Waals surface area contributed by atoms with Gasteiger partial charge in [-0.15, -0.1) is 0 Å². The first-order valence-corrected chi connectivity index (χ1v) is 7.94. The second kappa shape index (κ2) is 4.95. The maximum atomic E-state index is 6.13. The molecule has 1 aromatic carbocycles. The molecule has 4 nitrogen and oxygen atoms in total. The van der Waals surface area contributed by atoms with Crippen LogP contribution in [-0.4, -0.2) is 29.1 Å². The number of para-hydroxylation sites is 2. The molecule has 0 bridgehead atoms. The van der Waals surface area contributed by atoms with E-state index in [1.807, 2.05) is 24.3 Å². The van der Waals surface area contributed by atoms with E-state index in [4.69, 9.17) is 15.7 Å². The normalized spacial score (nSPS) is 28.9. The second-order valence-corrected chi connectivity index (χ2v) is 6.62. The maximum absolute atomic E-state index is 6.13. The summed E-state index contributed by atoms with van der Waals surface area (Å²) in [6, 6.07) is 8.52. The first kappa shape index (κ1) is 13.0. The van der Waals surface area contributed by atoms with Gasteiger partial charge >= 0.3 is 0 Å². The molecule has 2 heterocycles. The van der Waals surface area contributed by atoms with Crippen LogP contribution in [0.2, 0.25) is 0 Å². The van der Waals surface area contributed by atoms with Crippen molar-refractivity contribution in [2.24, 2.45) is 17.6 Å². The molecule has 2 N–H and O–H groups in total. The van der Waals surface area contributed by atoms with Crippen LogP contribution in [0, 0.1) is 18.8 Å². The Morgan fingerprint density at radius 3 is 2.57 bits per heavy atom. The Bertz CT molecular complexity index is 669. The summed E-state index contributed by atoms with van der Waals surface area (Å²) in [4.78, 5) is 12.0. The van der Waals surface area contributed by atoms with Crippen LogP contribution < -0.4 is 10.6 Å². The number of hydrogen-bond donors (Lipinski definition) is 1. The molecule has 3 atom stereocenters. The molecule has 0 spiro atoms. The van der Waals surface area contributed by atoms with E-state index in [0.717, 1.165) is 47.5 Å². The fraction of sp³-hybridized carbons (Fsp3) is 0.529. The van der Waals surface area contributed by atoms with Crippen molar-refractivity contribution in [2.45, 2.75) is 32.2 Å². The van der Waals surface area contributed by atoms with Crippen LogP contribution in [0.4, 0.5) is 5.82 Å². The van der Waals surface area contributed by atoms with Gasteiger partial charge in [0, 0.05) is 19.1 Å². The van der Waals surface area contributed by atoms with Crippen molar-refractivity contribution in [2.75, 3.05) is 18.0 Å². The number of aromatic nitrogens is 2. The number of benzene rings is 1. The fourth-order valence-corrected chi connectivity index (χ4v) is 4.02. The van der Waals surface area contributed by atoms with E-state index in [1.54, 1.807) is 0 Å². The van der Waals surface area contributed by atoms with Gasteiger partial charge in [-0.05, 0) is 50.2 Å². The summed E-state index contributed by atoms with van der Waals surface area (Å²) in [5.41, 5.74) is 9.15. The topological polar surface area (TPSA) is 55.0 Å². The Kier molecular flexibility index (Phi) is 3.07. The third-order valence-corrected chi connectivity index (χ3v) is 5.11. The minimum atomic E-state index is 0.398. The molecule has 1 saturated carbocycles. The van der Waals surface area contributed by atoms with Gasteiger partial charge in [-0.3, -0.25) is 0 Å². The Labute approximate surface area is 125 Å². The molecule has 2 fully saturated rings. The number of nitrogens with zero attached hydrogens (tertiary/aromatic N) is 3. The molecular weight excluding hydrogens is 260 g/mol. The van der Waals surface area contributed by atoms with Gasteiger partial charge < -0.3 is 10.6 Å². The molecular formula is C17H22N4. The van der Waals surface area contributed by atoms with Gasteiger partial charge in [0.15, 0.2) is 5.82 Å². The van der Waals surface area contributed by atoms with Gasteiger partial charge in [-0.25, -0.2) is 9.97 Å². The highest BCUT2D eigenvalue weighted by molar-refractivity contribution is 5.76. The molecule has 1 aliphatic carbocycles. The zero-order chi connectivity index (χ0) is 14.4. The van der Waals surface area contributed by atoms with E-state index in [0.29, 0.717) is 6.04 Å². The lowest BCUT2D eigenvalue weighted by Gasteiger charge is -2.27. The summed E-state index contributed by atoms with van der Waals surface area (Å²) >= 11 is 0. The number of hydrogen-bond acceptors (Lipinski definition) is 4. The average molecular weight is 282 g/mol. The van der Waals surface area contributed by atoms with E-state index < -0.39 is 0 Å². The number of aryl methyl sites for hydroxylation is 1. The van der Waals surface area contributed by atoms with Gasteiger partial charge in [0.1, 0.15) is 0 Å². The van der Waals surface area contributed by atoms with Crippen LogP contribution in [0.3, 0.4) is 0 Å². The summed E-state index contributed by atoms with van der Waals surface area (Å²) in [5.74, 6) is 2.59. The Hall–Kier alpha value is -1.68. The molecule has 0 radical (unpaired) electrons. The molecule has 0 amide bonds. The summed E-state index contributed by atoms with van der Waals surface area (Å²) in [5, 5.41) is 0. The summed E-state index contributed by atoms with van der Waals surface area (Å²) in [7, 11) is 0. The zero-order valence-electron chi connectivity index (χ0n) is 12.5. The molecule has 21 heavy (non-hydrogen) atoms. The molecule has 1 unspecified atom stereocenters. The molecule has 4 rings (SSSR count). The predicted octanol–water partition coefficient (Wildman–Crippen LogP) is 2.50. The molecule has 110 valence electrons. The SMILES string of the molecule is Cc1nc2ccccc2nc1N1C[C@H]2CCC(N)C[C@H]2C1. The van der Waals surface area contributed by atoms with E-state index in [1.165, 1.54) is 19.3 Å². The number of anilines is 1. The Morgan fingerprint density at radius 2 is 1.76 bits per heavy atom. The quantitative estimate of drug-likeness (QED) is 0.873. The lowest BCUT2D eigenvalue weighted by atomic mass is 9.79. The van der Waals surface area contributed by atoms with Gasteiger partial charge in [-0.1, -0.05) is 12.1 Å². The summed E-state index contributed by atoms with van der Waals surface area (Å²) in [6.45, 7) is 4.28. The first-order chi connectivity index (χ1) is 10.2. The van der Waals surface area contributed by atoms with Crippen molar-refractivity contribution in [3.8, 4) is 0 Å². The second-order valence-electron chi connectivity index (χ2n) is 6.62. The Morgan fingerprint density at radius 1 is 1.05 bits per heavy atom. The molecule has 2 aliphatic rings. The Balaban J connectivity index is 1.66. The third-order valence-electron chi connectivity index (χ3n) is 5.11. The molecule has 1 saturated heterocycles. The minimum Gasteiger partial charge on any atom is -0.355 e. The standard InChI is InChI=1S/C17H22N4/c1-11-17(20-16-5-3-2-4-15(16)19-11)21-9-12-6-7-14(18)8-13(12)10-21/h2-5,12-14H,6-10,18H2,1H3/t12-,13+,14?/m1/s1. The smallest absolute Gasteiger partial charge is 0.150 e. The average Bonchev–Trinajstić information content (AvgIpc) is 2.89. The van der Waals surface area contributed by atoms with Crippen molar-refractivity contribution in [3.05, 3.63) is 30.0 Å². The largest absolute Gasteiger partial charge is 0.355 e. The van der Waals surface area contributed by atoms with E-state index in [9.17, 15) is 0 Å². The van der Waals surface area contributed by atoms with Crippen LogP contribution in [0.1, 0.15) is 25.0 Å². The highest BCUT2D eigenvalue weighted by Gasteiger charge is 2.37. The third kappa shape index (κ3) is 2.27. The molecule has 1 aromatic heterocycles. The van der Waals surface area contributed by atoms with Crippen LogP contribution in [0.15, 0.2) is 24.3 Å². The van der Waals surface area contributed by atoms with Crippen LogP contribution in [0.5, 0.6) is 0 Å². The van der Waals surface area contributed by atoms with Crippen molar-refractivity contribution in [3.63, 3.8) is 0 Å². The highest BCUT2D eigenvalue weighted by Crippen LogP contribution is 2.38. The lowest BCUT2D eigenvalue weighted by Crippen LogP contribution is -2.32. The highest BCUT2D eigenvalue weighted by atomic mass is 15.2. The van der Waals surface area contributed by atoms with Crippen LogP contribution >= 0.6 is 0 Å². The van der Waals surface area contributed by atoms with Crippen LogP contribution in [-0.2, 0) is 0 Å². The van der Waals surface area contributed by atoms with Crippen molar-refractivity contribution in [1.29, 1.82) is 0 Å². The maximum Gasteiger partial charge on any atom is 0.150 e. The predicted molar refractivity (Wildman–Crippen MR) is 85.3 cm³/mol. The van der Waals surface area contributed by atoms with E-state index >= 15 is 0 Å². The monoisotopic (exact) mass is 282 g/mol. The number of rotatable bonds is 1.